The third-order valence-corrected chi connectivity index (χ3v) is 5.95. The zero-order chi connectivity index (χ0) is 16.6. The molecule has 2 heterocycles. The third-order valence-electron chi connectivity index (χ3n) is 4.52. The first-order chi connectivity index (χ1) is 11.6. The van der Waals surface area contributed by atoms with Gasteiger partial charge in [-0.25, -0.2) is 8.42 Å². The maximum absolute atomic E-state index is 12.6. The van der Waals surface area contributed by atoms with Gasteiger partial charge in [-0.1, -0.05) is 0 Å². The first kappa shape index (κ1) is 15.5. The number of fused-ring (bicyclic) bond motifs is 1. The van der Waals surface area contributed by atoms with E-state index in [1.54, 1.807) is 28.9 Å². The maximum Gasteiger partial charge on any atom is 0.265 e. The van der Waals surface area contributed by atoms with Gasteiger partial charge in [0.25, 0.3) is 10.0 Å². The fourth-order valence-electron chi connectivity index (χ4n) is 2.94. The Morgan fingerprint density at radius 3 is 2.75 bits per heavy atom. The van der Waals surface area contributed by atoms with Crippen LogP contribution in [0.3, 0.4) is 0 Å². The van der Waals surface area contributed by atoms with E-state index in [0.29, 0.717) is 11.6 Å². The Hall–Kier alpha value is -2.02. The summed E-state index contributed by atoms with van der Waals surface area (Å²) in [5.41, 5.74) is 1.34. The Bertz CT molecular complexity index is 823. The molecule has 1 fully saturated rings. The predicted molar refractivity (Wildman–Crippen MR) is 90.6 cm³/mol. The second kappa shape index (κ2) is 6.12. The smallest absolute Gasteiger partial charge is 0.265 e. The molecule has 1 saturated carbocycles. The molecule has 1 aliphatic carbocycles. The minimum absolute atomic E-state index is 0.288. The summed E-state index contributed by atoms with van der Waals surface area (Å²) in [7, 11) is -3.61. The Balaban J connectivity index is 1.48. The molecule has 4 rings (SSSR count). The van der Waals surface area contributed by atoms with Crippen LogP contribution in [-0.4, -0.2) is 24.8 Å². The summed E-state index contributed by atoms with van der Waals surface area (Å²) < 4.78 is 35.4. The zero-order valence-corrected chi connectivity index (χ0v) is 14.3. The minimum Gasteiger partial charge on any atom is -0.493 e. The van der Waals surface area contributed by atoms with Crippen molar-refractivity contribution >= 4 is 15.7 Å². The highest BCUT2D eigenvalue weighted by Crippen LogP contribution is 2.30. The van der Waals surface area contributed by atoms with Crippen molar-refractivity contribution in [1.82, 2.24) is 9.78 Å². The fourth-order valence-corrected chi connectivity index (χ4v) is 4.20. The van der Waals surface area contributed by atoms with Crippen LogP contribution in [0, 0.1) is 5.92 Å². The van der Waals surface area contributed by atoms with Gasteiger partial charge >= 0.3 is 0 Å². The van der Waals surface area contributed by atoms with E-state index in [0.717, 1.165) is 43.9 Å². The summed E-state index contributed by atoms with van der Waals surface area (Å²) in [5, 5.41) is 4.20. The Morgan fingerprint density at radius 2 is 2.00 bits per heavy atom. The molecule has 0 saturated heterocycles. The van der Waals surface area contributed by atoms with Gasteiger partial charge in [-0.15, -0.1) is 0 Å². The van der Waals surface area contributed by atoms with E-state index < -0.39 is 10.0 Å². The quantitative estimate of drug-likeness (QED) is 0.872. The van der Waals surface area contributed by atoms with Gasteiger partial charge in [0.1, 0.15) is 10.6 Å². The van der Waals surface area contributed by atoms with Gasteiger partial charge in [-0.2, -0.15) is 5.10 Å². The van der Waals surface area contributed by atoms with Crippen LogP contribution in [0.4, 0.5) is 5.69 Å². The van der Waals surface area contributed by atoms with Crippen LogP contribution >= 0.6 is 0 Å². The highest BCUT2D eigenvalue weighted by molar-refractivity contribution is 7.92. The molecule has 2 aromatic rings. The summed E-state index contributed by atoms with van der Waals surface area (Å²) in [6.45, 7) is 1.53. The molecule has 1 aliphatic heterocycles. The number of benzene rings is 1. The number of aromatic nitrogens is 2. The van der Waals surface area contributed by atoms with Gasteiger partial charge in [0.05, 0.1) is 18.5 Å². The van der Waals surface area contributed by atoms with Gasteiger partial charge in [0, 0.05) is 12.2 Å². The second-order valence-corrected chi connectivity index (χ2v) is 8.17. The van der Waals surface area contributed by atoms with Crippen LogP contribution < -0.4 is 9.46 Å². The average molecular weight is 347 g/mol. The molecule has 1 N–H and O–H groups in total. The van der Waals surface area contributed by atoms with Gasteiger partial charge in [-0.05, 0) is 62.3 Å². The van der Waals surface area contributed by atoms with Crippen LogP contribution in [0.25, 0.3) is 0 Å². The first-order valence-corrected chi connectivity index (χ1v) is 9.90. The molecular formula is C17H21N3O3S. The van der Waals surface area contributed by atoms with Crippen LogP contribution in [0.15, 0.2) is 35.4 Å². The van der Waals surface area contributed by atoms with Crippen LogP contribution in [0.5, 0.6) is 5.75 Å². The van der Waals surface area contributed by atoms with E-state index >= 15 is 0 Å². The Kier molecular flexibility index (Phi) is 3.96. The number of anilines is 1. The lowest BCUT2D eigenvalue weighted by atomic mass is 10.1. The predicted octanol–water partition coefficient (Wildman–Crippen LogP) is 2.81. The normalized spacial score (nSPS) is 17.3. The van der Waals surface area contributed by atoms with Crippen molar-refractivity contribution in [3.05, 3.63) is 36.2 Å². The molecule has 7 heteroatoms. The van der Waals surface area contributed by atoms with Gasteiger partial charge in [0.15, 0.2) is 0 Å². The van der Waals surface area contributed by atoms with Gasteiger partial charge in [0.2, 0.25) is 0 Å². The van der Waals surface area contributed by atoms with E-state index in [9.17, 15) is 8.42 Å². The van der Waals surface area contributed by atoms with E-state index in [2.05, 4.69) is 9.82 Å². The molecule has 128 valence electrons. The largest absolute Gasteiger partial charge is 0.493 e. The molecule has 1 aromatic carbocycles. The monoisotopic (exact) mass is 347 g/mol. The molecule has 24 heavy (non-hydrogen) atoms. The minimum atomic E-state index is -3.61. The van der Waals surface area contributed by atoms with E-state index in [-0.39, 0.29) is 4.90 Å². The van der Waals surface area contributed by atoms with Crippen LogP contribution in [-0.2, 0) is 23.0 Å². The second-order valence-electron chi connectivity index (χ2n) is 6.52. The number of nitrogens with zero attached hydrogens (tertiary/aromatic N) is 2. The third kappa shape index (κ3) is 3.26. The zero-order valence-electron chi connectivity index (χ0n) is 13.4. The SMILES string of the molecule is O=S(=O)(Nc1ccc(OCC2CC2)cc1)c1cnn2c1CCCC2. The van der Waals surface area contributed by atoms with E-state index in [1.807, 2.05) is 0 Å². The van der Waals surface area contributed by atoms with Crippen molar-refractivity contribution in [3.8, 4) is 5.75 Å². The first-order valence-electron chi connectivity index (χ1n) is 8.42. The van der Waals surface area contributed by atoms with Crippen LogP contribution in [0.2, 0.25) is 0 Å². The number of sulfonamides is 1. The highest BCUT2D eigenvalue weighted by Gasteiger charge is 2.25. The molecular weight excluding hydrogens is 326 g/mol. The van der Waals surface area contributed by atoms with Gasteiger partial charge < -0.3 is 4.74 Å². The van der Waals surface area contributed by atoms with E-state index in [1.165, 1.54) is 19.0 Å². The average Bonchev–Trinajstić information content (AvgIpc) is 3.30. The number of hydrogen-bond acceptors (Lipinski definition) is 4. The number of rotatable bonds is 6. The number of ether oxygens (including phenoxy) is 1. The molecule has 2 aliphatic rings. The summed E-state index contributed by atoms with van der Waals surface area (Å²) in [6.07, 6.45) is 6.74. The molecule has 0 bridgehead atoms. The van der Waals surface area contributed by atoms with Crippen LogP contribution in [0.1, 0.15) is 31.4 Å². The van der Waals surface area contributed by atoms with Crippen molar-refractivity contribution < 1.29 is 13.2 Å². The molecule has 0 spiro atoms. The standard InChI is InChI=1S/C17H21N3O3S/c21-24(22,17-11-18-20-10-2-1-3-16(17)20)19-14-6-8-15(9-7-14)23-12-13-4-5-13/h6-9,11,13,19H,1-5,10,12H2. The summed E-state index contributed by atoms with van der Waals surface area (Å²) >= 11 is 0. The Labute approximate surface area is 141 Å². The van der Waals surface area contributed by atoms with E-state index in [4.69, 9.17) is 4.74 Å². The van der Waals surface area contributed by atoms with Crippen molar-refractivity contribution in [2.75, 3.05) is 11.3 Å². The molecule has 1 aromatic heterocycles. The molecule has 6 nitrogen and oxygen atoms in total. The highest BCUT2D eigenvalue weighted by atomic mass is 32.2. The van der Waals surface area contributed by atoms with Crippen molar-refractivity contribution in [1.29, 1.82) is 0 Å². The Morgan fingerprint density at radius 1 is 1.21 bits per heavy atom. The molecule has 0 amide bonds. The summed E-state index contributed by atoms with van der Waals surface area (Å²) in [4.78, 5) is 0.288. The fraction of sp³-hybridized carbons (Fsp3) is 0.471. The number of aryl methyl sites for hydroxylation is 1. The summed E-state index contributed by atoms with van der Waals surface area (Å²) in [5.74, 6) is 1.46. The molecule has 0 radical (unpaired) electrons. The van der Waals surface area contributed by atoms with Crippen molar-refractivity contribution in [2.45, 2.75) is 43.5 Å². The number of hydrogen-bond donors (Lipinski definition) is 1. The molecule has 0 atom stereocenters. The lowest BCUT2D eigenvalue weighted by Crippen LogP contribution is -2.17. The van der Waals surface area contributed by atoms with Crippen molar-refractivity contribution in [2.24, 2.45) is 5.92 Å². The summed E-state index contributed by atoms with van der Waals surface area (Å²) in [6, 6.07) is 7.06. The molecule has 0 unspecified atom stereocenters. The number of nitrogens with one attached hydrogen (secondary N) is 1. The lowest BCUT2D eigenvalue weighted by molar-refractivity contribution is 0.300. The van der Waals surface area contributed by atoms with Gasteiger partial charge in [-0.3, -0.25) is 9.40 Å². The van der Waals surface area contributed by atoms with Crippen molar-refractivity contribution in [3.63, 3.8) is 0 Å². The maximum atomic E-state index is 12.6. The lowest BCUT2D eigenvalue weighted by Gasteiger charge is -2.15. The topological polar surface area (TPSA) is 73.2 Å².